The van der Waals surface area contributed by atoms with Crippen molar-refractivity contribution in [2.75, 3.05) is 20.8 Å². The predicted octanol–water partition coefficient (Wildman–Crippen LogP) is 1.41. The largest absolute Gasteiger partial charge is 0.467 e. The van der Waals surface area contributed by atoms with Gasteiger partial charge < -0.3 is 14.4 Å². The maximum absolute atomic E-state index is 12.4. The van der Waals surface area contributed by atoms with Crippen molar-refractivity contribution < 1.29 is 19.1 Å². The molecule has 5 heteroatoms. The molecule has 0 N–H and O–H groups in total. The SMILES string of the molecule is COC(=O)[C@@H]1C[C@@H](OC)CN1C(=O)CCc1ccccc1. The van der Waals surface area contributed by atoms with Gasteiger partial charge in [-0.25, -0.2) is 4.79 Å². The number of esters is 1. The summed E-state index contributed by atoms with van der Waals surface area (Å²) < 4.78 is 10.1. The third kappa shape index (κ3) is 3.82. The predicted molar refractivity (Wildman–Crippen MR) is 77.7 cm³/mol. The Hall–Kier alpha value is -1.88. The molecule has 1 fully saturated rings. The molecule has 0 spiro atoms. The van der Waals surface area contributed by atoms with E-state index in [1.54, 1.807) is 12.0 Å². The number of aryl methyl sites for hydroxylation is 1. The monoisotopic (exact) mass is 291 g/mol. The summed E-state index contributed by atoms with van der Waals surface area (Å²) in [5.74, 6) is -0.406. The van der Waals surface area contributed by atoms with Crippen LogP contribution in [0, 0.1) is 0 Å². The third-order valence-electron chi connectivity index (χ3n) is 3.86. The lowest BCUT2D eigenvalue weighted by Crippen LogP contribution is -2.41. The lowest BCUT2D eigenvalue weighted by molar-refractivity contribution is -0.150. The number of hydrogen-bond acceptors (Lipinski definition) is 4. The Morgan fingerprint density at radius 2 is 1.95 bits per heavy atom. The van der Waals surface area contributed by atoms with E-state index in [1.165, 1.54) is 7.11 Å². The number of amides is 1. The molecule has 1 aliphatic heterocycles. The Morgan fingerprint density at radius 1 is 1.24 bits per heavy atom. The normalized spacial score (nSPS) is 21.3. The van der Waals surface area contributed by atoms with Crippen LogP contribution < -0.4 is 0 Å². The van der Waals surface area contributed by atoms with Gasteiger partial charge in [0.25, 0.3) is 0 Å². The zero-order chi connectivity index (χ0) is 15.2. The van der Waals surface area contributed by atoms with Crippen molar-refractivity contribution in [3.8, 4) is 0 Å². The molecule has 5 nitrogen and oxygen atoms in total. The molecular formula is C16H21NO4. The summed E-state index contributed by atoms with van der Waals surface area (Å²) in [5, 5.41) is 0. The van der Waals surface area contributed by atoms with Gasteiger partial charge in [-0.2, -0.15) is 0 Å². The molecule has 1 aliphatic rings. The van der Waals surface area contributed by atoms with Crippen molar-refractivity contribution in [2.24, 2.45) is 0 Å². The first-order valence-electron chi connectivity index (χ1n) is 7.09. The van der Waals surface area contributed by atoms with Crippen molar-refractivity contribution in [1.82, 2.24) is 4.90 Å². The zero-order valence-electron chi connectivity index (χ0n) is 12.5. The van der Waals surface area contributed by atoms with E-state index in [0.29, 0.717) is 25.8 Å². The van der Waals surface area contributed by atoms with E-state index in [2.05, 4.69) is 0 Å². The van der Waals surface area contributed by atoms with Crippen LogP contribution >= 0.6 is 0 Å². The van der Waals surface area contributed by atoms with Crippen LogP contribution in [0.5, 0.6) is 0 Å². The van der Waals surface area contributed by atoms with E-state index >= 15 is 0 Å². The van der Waals surface area contributed by atoms with Crippen molar-refractivity contribution in [1.29, 1.82) is 0 Å². The lowest BCUT2D eigenvalue weighted by Gasteiger charge is -2.22. The van der Waals surface area contributed by atoms with Gasteiger partial charge in [0.1, 0.15) is 6.04 Å². The second kappa shape index (κ2) is 7.22. The Kier molecular flexibility index (Phi) is 5.33. The fourth-order valence-electron chi connectivity index (χ4n) is 2.64. The first kappa shape index (κ1) is 15.5. The second-order valence-corrected chi connectivity index (χ2v) is 5.16. The van der Waals surface area contributed by atoms with Gasteiger partial charge in [0.2, 0.25) is 5.91 Å². The van der Waals surface area contributed by atoms with Gasteiger partial charge in [0.15, 0.2) is 0 Å². The van der Waals surface area contributed by atoms with Gasteiger partial charge in [0.05, 0.1) is 13.2 Å². The van der Waals surface area contributed by atoms with Gasteiger partial charge in [-0.05, 0) is 12.0 Å². The van der Waals surface area contributed by atoms with Gasteiger partial charge in [0, 0.05) is 26.5 Å². The van der Waals surface area contributed by atoms with Crippen molar-refractivity contribution in [3.05, 3.63) is 35.9 Å². The first-order chi connectivity index (χ1) is 10.2. The summed E-state index contributed by atoms with van der Waals surface area (Å²) >= 11 is 0. The summed E-state index contributed by atoms with van der Waals surface area (Å²) in [6, 6.07) is 9.31. The molecule has 114 valence electrons. The number of carbonyl (C=O) groups excluding carboxylic acids is 2. The van der Waals surface area contributed by atoms with E-state index in [1.807, 2.05) is 30.3 Å². The molecule has 1 saturated heterocycles. The minimum atomic E-state index is -0.525. The highest BCUT2D eigenvalue weighted by Gasteiger charge is 2.40. The highest BCUT2D eigenvalue weighted by Crippen LogP contribution is 2.22. The standard InChI is InChI=1S/C16H21NO4/c1-20-13-10-14(16(19)21-2)17(11-13)15(18)9-8-12-6-4-3-5-7-12/h3-7,13-14H,8-11H2,1-2H3/t13-,14+/m1/s1. The molecule has 2 atom stereocenters. The van der Waals surface area contributed by atoms with Gasteiger partial charge >= 0.3 is 5.97 Å². The quantitative estimate of drug-likeness (QED) is 0.770. The number of likely N-dealkylation sites (tertiary alicyclic amines) is 1. The number of benzene rings is 1. The van der Waals surface area contributed by atoms with E-state index in [4.69, 9.17) is 9.47 Å². The van der Waals surface area contributed by atoms with Crippen LogP contribution in [0.2, 0.25) is 0 Å². The number of hydrogen-bond donors (Lipinski definition) is 0. The molecule has 0 saturated carbocycles. The highest BCUT2D eigenvalue weighted by atomic mass is 16.5. The van der Waals surface area contributed by atoms with E-state index in [9.17, 15) is 9.59 Å². The van der Waals surface area contributed by atoms with Crippen LogP contribution in [0.25, 0.3) is 0 Å². The van der Waals surface area contributed by atoms with Gasteiger partial charge in [-0.1, -0.05) is 30.3 Å². The average Bonchev–Trinajstić information content (AvgIpc) is 2.97. The van der Waals surface area contributed by atoms with Crippen LogP contribution in [0.4, 0.5) is 0 Å². The van der Waals surface area contributed by atoms with Crippen LogP contribution in [-0.2, 0) is 25.5 Å². The number of carbonyl (C=O) groups is 2. The molecular weight excluding hydrogens is 270 g/mol. The van der Waals surface area contributed by atoms with E-state index in [-0.39, 0.29) is 18.0 Å². The molecule has 0 unspecified atom stereocenters. The fraction of sp³-hybridized carbons (Fsp3) is 0.500. The zero-order valence-corrected chi connectivity index (χ0v) is 12.5. The topological polar surface area (TPSA) is 55.8 Å². The smallest absolute Gasteiger partial charge is 0.328 e. The molecule has 0 aliphatic carbocycles. The summed E-state index contributed by atoms with van der Waals surface area (Å²) in [6.07, 6.45) is 1.45. The first-order valence-corrected chi connectivity index (χ1v) is 7.09. The molecule has 1 aromatic carbocycles. The fourth-order valence-corrected chi connectivity index (χ4v) is 2.64. The van der Waals surface area contributed by atoms with Gasteiger partial charge in [-0.15, -0.1) is 0 Å². The summed E-state index contributed by atoms with van der Waals surface area (Å²) in [5.41, 5.74) is 1.11. The number of ether oxygens (including phenoxy) is 2. The Labute approximate surface area is 124 Å². The highest BCUT2D eigenvalue weighted by molar-refractivity contribution is 5.85. The summed E-state index contributed by atoms with van der Waals surface area (Å²) in [7, 11) is 2.94. The molecule has 21 heavy (non-hydrogen) atoms. The van der Waals surface area contributed by atoms with Crippen molar-refractivity contribution in [3.63, 3.8) is 0 Å². The van der Waals surface area contributed by atoms with Crippen LogP contribution in [0.15, 0.2) is 30.3 Å². The van der Waals surface area contributed by atoms with E-state index < -0.39 is 6.04 Å². The Balaban J connectivity index is 1.97. The minimum Gasteiger partial charge on any atom is -0.467 e. The van der Waals surface area contributed by atoms with Crippen LogP contribution in [0.1, 0.15) is 18.4 Å². The lowest BCUT2D eigenvalue weighted by atomic mass is 10.1. The molecule has 0 aromatic heterocycles. The molecule has 1 heterocycles. The number of nitrogens with zero attached hydrogens (tertiary/aromatic N) is 1. The Bertz CT molecular complexity index is 488. The van der Waals surface area contributed by atoms with Crippen LogP contribution in [0.3, 0.4) is 0 Å². The van der Waals surface area contributed by atoms with Crippen molar-refractivity contribution in [2.45, 2.75) is 31.4 Å². The molecule has 1 amide bonds. The molecule has 0 bridgehead atoms. The molecule has 1 aromatic rings. The maximum Gasteiger partial charge on any atom is 0.328 e. The maximum atomic E-state index is 12.4. The molecule has 2 rings (SSSR count). The van der Waals surface area contributed by atoms with Crippen LogP contribution in [-0.4, -0.2) is 49.7 Å². The number of rotatable bonds is 5. The summed E-state index contributed by atoms with van der Waals surface area (Å²) in [4.78, 5) is 25.8. The van der Waals surface area contributed by atoms with Gasteiger partial charge in [-0.3, -0.25) is 4.79 Å². The number of methoxy groups -OCH3 is 2. The second-order valence-electron chi connectivity index (χ2n) is 5.16. The molecule has 0 radical (unpaired) electrons. The Morgan fingerprint density at radius 3 is 2.57 bits per heavy atom. The van der Waals surface area contributed by atoms with Crippen molar-refractivity contribution >= 4 is 11.9 Å². The van der Waals surface area contributed by atoms with E-state index in [0.717, 1.165) is 5.56 Å². The third-order valence-corrected chi connectivity index (χ3v) is 3.86. The summed E-state index contributed by atoms with van der Waals surface area (Å²) in [6.45, 7) is 0.448. The average molecular weight is 291 g/mol. The minimum absolute atomic E-state index is 0.0335.